The molecule has 1 amide bonds. The molecule has 1 aromatic heterocycles. The number of ether oxygens (including phenoxy) is 2. The molecule has 0 radical (unpaired) electrons. The summed E-state index contributed by atoms with van der Waals surface area (Å²) in [6, 6.07) is 15.1. The van der Waals surface area contributed by atoms with E-state index in [0.717, 1.165) is 30.5 Å². The van der Waals surface area contributed by atoms with Crippen LogP contribution in [0.25, 0.3) is 6.08 Å². The molecule has 1 aliphatic carbocycles. The van der Waals surface area contributed by atoms with E-state index >= 15 is 0 Å². The molecule has 1 N–H and O–H groups in total. The zero-order chi connectivity index (χ0) is 22.8. The Balaban J connectivity index is 1.47. The van der Waals surface area contributed by atoms with Crippen LogP contribution in [0, 0.1) is 11.3 Å². The van der Waals surface area contributed by atoms with Gasteiger partial charge in [0.1, 0.15) is 17.9 Å². The first kappa shape index (κ1) is 23.0. The number of amides is 1. The molecule has 2 aromatic rings. The molecule has 32 heavy (non-hydrogen) atoms. The van der Waals surface area contributed by atoms with Gasteiger partial charge in [-0.3, -0.25) is 9.78 Å². The number of aromatic nitrogens is 1. The Labute approximate surface area is 188 Å². The molecule has 3 rings (SSSR count). The van der Waals surface area contributed by atoms with Crippen molar-refractivity contribution in [1.82, 2.24) is 10.3 Å². The molecule has 1 heterocycles. The highest BCUT2D eigenvalue weighted by molar-refractivity contribution is 5.90. The molecule has 1 atom stereocenters. The Morgan fingerprint density at radius 3 is 2.59 bits per heavy atom. The molecule has 0 saturated heterocycles. The van der Waals surface area contributed by atoms with E-state index in [4.69, 9.17) is 9.47 Å². The predicted molar refractivity (Wildman–Crippen MR) is 119 cm³/mol. The second-order valence-corrected chi connectivity index (χ2v) is 7.84. The predicted octanol–water partition coefficient (Wildman–Crippen LogP) is 3.95. The van der Waals surface area contributed by atoms with Crippen LogP contribution in [0.3, 0.4) is 0 Å². The summed E-state index contributed by atoms with van der Waals surface area (Å²) in [6.07, 6.45) is 7.72. The number of pyridine rings is 1. The van der Waals surface area contributed by atoms with E-state index < -0.39 is 23.5 Å². The third kappa shape index (κ3) is 6.67. The molecule has 166 valence electrons. The first-order valence-corrected chi connectivity index (χ1v) is 10.7. The summed E-state index contributed by atoms with van der Waals surface area (Å²) in [7, 11) is 0. The fraction of sp³-hybridized carbons (Fsp3) is 0.360. The number of benzene rings is 1. The minimum absolute atomic E-state index is 0.370. The van der Waals surface area contributed by atoms with E-state index in [9.17, 15) is 14.9 Å². The van der Waals surface area contributed by atoms with Crippen LogP contribution in [0.15, 0.2) is 54.7 Å². The average Bonchev–Trinajstić information content (AvgIpc) is 2.83. The van der Waals surface area contributed by atoms with Crippen molar-refractivity contribution in [1.29, 1.82) is 5.26 Å². The molecule has 0 aliphatic heterocycles. The van der Waals surface area contributed by atoms with Crippen LogP contribution in [0.2, 0.25) is 0 Å². The largest absolute Gasteiger partial charge is 0.487 e. The van der Waals surface area contributed by atoms with Gasteiger partial charge >= 0.3 is 5.97 Å². The molecular formula is C25H27N3O4. The summed E-state index contributed by atoms with van der Waals surface area (Å²) in [5, 5.41) is 12.3. The maximum Gasteiger partial charge on any atom is 0.331 e. The van der Waals surface area contributed by atoms with Crippen LogP contribution in [0.4, 0.5) is 0 Å². The number of esters is 1. The lowest BCUT2D eigenvalue weighted by atomic mass is 9.83. The minimum atomic E-state index is -0.985. The quantitative estimate of drug-likeness (QED) is 0.500. The molecule has 1 fully saturated rings. The van der Waals surface area contributed by atoms with E-state index in [2.05, 4.69) is 16.4 Å². The third-order valence-electron chi connectivity index (χ3n) is 5.35. The number of hydrogen-bond acceptors (Lipinski definition) is 6. The van der Waals surface area contributed by atoms with Crippen molar-refractivity contribution in [2.24, 2.45) is 0 Å². The van der Waals surface area contributed by atoms with E-state index in [1.165, 1.54) is 13.0 Å². The Kier molecular flexibility index (Phi) is 7.98. The van der Waals surface area contributed by atoms with Crippen molar-refractivity contribution in [3.8, 4) is 11.8 Å². The zero-order valence-electron chi connectivity index (χ0n) is 18.1. The van der Waals surface area contributed by atoms with Crippen LogP contribution < -0.4 is 10.1 Å². The van der Waals surface area contributed by atoms with Crippen LogP contribution >= 0.6 is 0 Å². The highest BCUT2D eigenvalue weighted by Crippen LogP contribution is 2.27. The van der Waals surface area contributed by atoms with Crippen LogP contribution in [-0.2, 0) is 20.9 Å². The maximum absolute atomic E-state index is 12.4. The highest BCUT2D eigenvalue weighted by atomic mass is 16.5. The van der Waals surface area contributed by atoms with Gasteiger partial charge in [-0.15, -0.1) is 0 Å². The van der Waals surface area contributed by atoms with Gasteiger partial charge in [-0.05, 0) is 55.7 Å². The lowest BCUT2D eigenvalue weighted by molar-refractivity contribution is -0.150. The number of carbonyl (C=O) groups is 2. The maximum atomic E-state index is 12.4. The van der Waals surface area contributed by atoms with Crippen molar-refractivity contribution in [2.75, 3.05) is 0 Å². The Morgan fingerprint density at radius 2 is 1.94 bits per heavy atom. The number of hydrogen-bond donors (Lipinski definition) is 1. The Hall–Kier alpha value is -3.66. The first-order chi connectivity index (χ1) is 15.5. The van der Waals surface area contributed by atoms with Gasteiger partial charge in [0.2, 0.25) is 0 Å². The minimum Gasteiger partial charge on any atom is -0.487 e. The van der Waals surface area contributed by atoms with Gasteiger partial charge in [-0.2, -0.15) is 5.26 Å². The molecule has 0 bridgehead atoms. The molecule has 1 aromatic carbocycles. The molecule has 1 unspecified atom stereocenters. The Morgan fingerprint density at radius 1 is 1.19 bits per heavy atom. The highest BCUT2D eigenvalue weighted by Gasteiger charge is 2.35. The van der Waals surface area contributed by atoms with Crippen molar-refractivity contribution < 1.29 is 19.1 Å². The molecule has 7 heteroatoms. The number of nitrogens with one attached hydrogen (secondary N) is 1. The topological polar surface area (TPSA) is 101 Å². The summed E-state index contributed by atoms with van der Waals surface area (Å²) in [4.78, 5) is 28.7. The van der Waals surface area contributed by atoms with Crippen LogP contribution in [0.1, 0.15) is 50.3 Å². The van der Waals surface area contributed by atoms with E-state index in [1.54, 1.807) is 24.4 Å². The summed E-state index contributed by atoms with van der Waals surface area (Å²) in [5.74, 6) is -0.391. The van der Waals surface area contributed by atoms with Crippen molar-refractivity contribution in [3.63, 3.8) is 0 Å². The summed E-state index contributed by atoms with van der Waals surface area (Å²) < 4.78 is 10.9. The second-order valence-electron chi connectivity index (χ2n) is 7.84. The summed E-state index contributed by atoms with van der Waals surface area (Å²) in [5.41, 5.74) is 0.767. The van der Waals surface area contributed by atoms with Gasteiger partial charge < -0.3 is 14.8 Å². The SMILES string of the molecule is CC(OC(=O)/C=C/c1ccc(OCc2ccccn2)cc1)C(=O)NC1(C#N)CCCCC1. The zero-order valence-corrected chi connectivity index (χ0v) is 18.1. The van der Waals surface area contributed by atoms with Crippen LogP contribution in [0.5, 0.6) is 5.75 Å². The molecular weight excluding hydrogens is 406 g/mol. The van der Waals surface area contributed by atoms with Gasteiger partial charge in [0.25, 0.3) is 5.91 Å². The standard InChI is InChI=1S/C25H27N3O4/c1-19(24(30)28-25(18-26)14-4-2-5-15-25)32-23(29)13-10-20-8-11-22(12-9-20)31-17-21-7-3-6-16-27-21/h3,6-13,16,19H,2,4-5,14-15,17H2,1H3,(H,28,30)/b13-10+. The summed E-state index contributed by atoms with van der Waals surface area (Å²) >= 11 is 0. The fourth-order valence-corrected chi connectivity index (χ4v) is 3.50. The Bertz CT molecular complexity index is 974. The third-order valence-corrected chi connectivity index (χ3v) is 5.35. The second kappa shape index (κ2) is 11.1. The van der Waals surface area contributed by atoms with Crippen molar-refractivity contribution >= 4 is 18.0 Å². The number of nitriles is 1. The fourth-order valence-electron chi connectivity index (χ4n) is 3.50. The first-order valence-electron chi connectivity index (χ1n) is 10.7. The van der Waals surface area contributed by atoms with Gasteiger partial charge in [0, 0.05) is 12.3 Å². The monoisotopic (exact) mass is 433 g/mol. The number of carbonyl (C=O) groups excluding carboxylic acids is 2. The molecule has 1 aliphatic rings. The number of nitrogens with zero attached hydrogens (tertiary/aromatic N) is 2. The van der Waals surface area contributed by atoms with E-state index in [1.807, 2.05) is 30.3 Å². The average molecular weight is 434 g/mol. The normalized spacial score (nSPS) is 16.0. The molecule has 1 saturated carbocycles. The van der Waals surface area contributed by atoms with E-state index in [0.29, 0.717) is 25.2 Å². The van der Waals surface area contributed by atoms with Gasteiger partial charge in [-0.1, -0.05) is 37.5 Å². The summed E-state index contributed by atoms with van der Waals surface area (Å²) in [6.45, 7) is 1.87. The van der Waals surface area contributed by atoms with Gasteiger partial charge in [0.15, 0.2) is 6.10 Å². The van der Waals surface area contributed by atoms with Crippen molar-refractivity contribution in [3.05, 3.63) is 66.0 Å². The lowest BCUT2D eigenvalue weighted by Gasteiger charge is -2.32. The molecule has 0 spiro atoms. The van der Waals surface area contributed by atoms with E-state index in [-0.39, 0.29) is 0 Å². The molecule has 7 nitrogen and oxygen atoms in total. The smallest absolute Gasteiger partial charge is 0.331 e. The number of rotatable bonds is 8. The van der Waals surface area contributed by atoms with Gasteiger partial charge in [0.05, 0.1) is 11.8 Å². The van der Waals surface area contributed by atoms with Crippen molar-refractivity contribution in [2.45, 2.75) is 57.3 Å². The van der Waals surface area contributed by atoms with Gasteiger partial charge in [-0.25, -0.2) is 4.79 Å². The van der Waals surface area contributed by atoms with Crippen LogP contribution in [-0.4, -0.2) is 28.5 Å². The lowest BCUT2D eigenvalue weighted by Crippen LogP contribution is -2.52.